The molecule has 2 heterocycles. The number of hydrogen-bond acceptors (Lipinski definition) is 3. The molecule has 10 aromatic rings. The average molecular weight is 922 g/mol. The van der Waals surface area contributed by atoms with Crippen molar-refractivity contribution in [2.24, 2.45) is 4.99 Å². The number of amidine groups is 1. The van der Waals surface area contributed by atoms with Gasteiger partial charge in [-0.2, -0.15) is 0 Å². The summed E-state index contributed by atoms with van der Waals surface area (Å²) >= 11 is 0. The van der Waals surface area contributed by atoms with Gasteiger partial charge in [-0.15, -0.1) is 0 Å². The number of nitrogens with zero attached hydrogens (tertiary/aromatic N) is 1. The highest BCUT2D eigenvalue weighted by Gasteiger charge is 2.33. The van der Waals surface area contributed by atoms with Crippen LogP contribution in [0.4, 0.5) is 0 Å². The first kappa shape index (κ1) is 43.9. The topological polar surface area (TPSA) is 36.4 Å². The van der Waals surface area contributed by atoms with Crippen molar-refractivity contribution in [2.45, 2.75) is 12.1 Å². The molecular weight excluding hydrogens is 871 g/mol. The molecule has 0 aliphatic carbocycles. The van der Waals surface area contributed by atoms with E-state index in [1.807, 2.05) is 0 Å². The number of dihydropyridines is 1. The highest BCUT2D eigenvalue weighted by atomic mass is 15.0. The van der Waals surface area contributed by atoms with E-state index in [-0.39, 0.29) is 12.1 Å². The third-order valence-electron chi connectivity index (χ3n) is 13.8. The van der Waals surface area contributed by atoms with Gasteiger partial charge >= 0.3 is 0 Å². The lowest BCUT2D eigenvalue weighted by Crippen LogP contribution is -2.31. The van der Waals surface area contributed by atoms with Gasteiger partial charge in [0.25, 0.3) is 0 Å². The Morgan fingerprint density at radius 1 is 0.278 bits per heavy atom. The Morgan fingerprint density at radius 3 is 1.26 bits per heavy atom. The predicted octanol–water partition coefficient (Wildman–Crippen LogP) is 16.6. The van der Waals surface area contributed by atoms with E-state index < -0.39 is 0 Å². The summed E-state index contributed by atoms with van der Waals surface area (Å²) in [6.45, 7) is 0. The Kier molecular flexibility index (Phi) is 12.2. The molecule has 10 aromatic carbocycles. The molecule has 3 heteroatoms. The number of hydrogen-bond donors (Lipinski definition) is 2. The molecule has 3 nitrogen and oxygen atoms in total. The average Bonchev–Trinajstić information content (AvgIpc) is 3.48. The van der Waals surface area contributed by atoms with Crippen molar-refractivity contribution in [2.75, 3.05) is 0 Å². The summed E-state index contributed by atoms with van der Waals surface area (Å²) < 4.78 is 0. The van der Waals surface area contributed by atoms with E-state index >= 15 is 0 Å². The molecule has 0 bridgehead atoms. The van der Waals surface area contributed by atoms with Gasteiger partial charge in [-0.05, 0) is 108 Å². The number of rotatable bonds is 11. The maximum Gasteiger partial charge on any atom is 0.134 e. The fraction of sp³-hybridized carbons (Fsp3) is 0.0290. The molecule has 2 aliphatic heterocycles. The van der Waals surface area contributed by atoms with Crippen LogP contribution in [0.1, 0.15) is 56.6 Å². The van der Waals surface area contributed by atoms with Crippen molar-refractivity contribution < 1.29 is 0 Å². The van der Waals surface area contributed by atoms with Gasteiger partial charge in [0.05, 0.1) is 23.5 Å². The van der Waals surface area contributed by atoms with Gasteiger partial charge in [-0.3, -0.25) is 0 Å². The summed E-state index contributed by atoms with van der Waals surface area (Å²) in [5.74, 6) is 0.842. The van der Waals surface area contributed by atoms with Crippen LogP contribution in [-0.4, -0.2) is 5.84 Å². The summed E-state index contributed by atoms with van der Waals surface area (Å²) in [7, 11) is 0. The van der Waals surface area contributed by atoms with Gasteiger partial charge in [0.2, 0.25) is 0 Å². The molecular formula is C69H51N3. The van der Waals surface area contributed by atoms with Crippen LogP contribution in [0.3, 0.4) is 0 Å². The minimum absolute atomic E-state index is 0.112. The van der Waals surface area contributed by atoms with E-state index in [4.69, 9.17) is 4.99 Å². The summed E-state index contributed by atoms with van der Waals surface area (Å²) in [6.07, 6.45) is 2.28. The maximum atomic E-state index is 5.36. The first-order chi connectivity index (χ1) is 35.7. The zero-order chi connectivity index (χ0) is 48.1. The van der Waals surface area contributed by atoms with E-state index in [0.29, 0.717) is 0 Å². The van der Waals surface area contributed by atoms with Crippen LogP contribution in [-0.2, 0) is 0 Å². The lowest BCUT2D eigenvalue weighted by atomic mass is 9.77. The molecule has 0 saturated carbocycles. The van der Waals surface area contributed by atoms with E-state index in [0.717, 1.165) is 72.9 Å². The van der Waals surface area contributed by atoms with Crippen LogP contribution < -0.4 is 10.6 Å². The van der Waals surface area contributed by atoms with Crippen molar-refractivity contribution >= 4 is 33.9 Å². The molecule has 0 saturated heterocycles. The molecule has 0 aromatic heterocycles. The van der Waals surface area contributed by atoms with E-state index in [9.17, 15) is 0 Å². The molecule has 2 atom stereocenters. The Balaban J connectivity index is 0.973. The minimum atomic E-state index is -0.147. The number of allylic oxidation sites excluding steroid dienone is 2. The molecule has 2 N–H and O–H groups in total. The molecule has 72 heavy (non-hydrogen) atoms. The smallest absolute Gasteiger partial charge is 0.134 e. The van der Waals surface area contributed by atoms with Crippen LogP contribution in [0.25, 0.3) is 61.5 Å². The van der Waals surface area contributed by atoms with Crippen molar-refractivity contribution in [3.05, 3.63) is 330 Å². The molecule has 2 aliphatic rings. The summed E-state index contributed by atoms with van der Waals surface area (Å²) in [5.41, 5.74) is 21.7. The molecule has 2 unspecified atom stereocenters. The van der Waals surface area contributed by atoms with Gasteiger partial charge in [0.15, 0.2) is 0 Å². The first-order valence-corrected chi connectivity index (χ1v) is 24.8. The molecule has 0 spiro atoms. The van der Waals surface area contributed by atoms with E-state index in [1.54, 1.807) is 0 Å². The quantitative estimate of drug-likeness (QED) is 0.136. The van der Waals surface area contributed by atoms with Gasteiger partial charge in [0, 0.05) is 16.7 Å². The van der Waals surface area contributed by atoms with Crippen LogP contribution in [0.2, 0.25) is 0 Å². The molecule has 0 amide bonds. The van der Waals surface area contributed by atoms with Gasteiger partial charge in [0.1, 0.15) is 5.84 Å². The SMILES string of the molecule is C1=C(c2cc(-c3ccccc3)cc(-c3ccccc3)c2)N=C(c2ccccc2)NC1c1cccc(-c2ccc(C3=C(c4ccccc4)C(c4ccccc4)NC(c4ccccc4)=C3c3ccccc3)cc2)c1. The monoisotopic (exact) mass is 921 g/mol. The van der Waals surface area contributed by atoms with Crippen molar-refractivity contribution in [3.8, 4) is 33.4 Å². The van der Waals surface area contributed by atoms with Crippen molar-refractivity contribution in [1.29, 1.82) is 0 Å². The highest BCUT2D eigenvalue weighted by molar-refractivity contribution is 6.24. The van der Waals surface area contributed by atoms with Crippen LogP contribution in [0.5, 0.6) is 0 Å². The van der Waals surface area contributed by atoms with Crippen molar-refractivity contribution in [3.63, 3.8) is 0 Å². The fourth-order valence-electron chi connectivity index (χ4n) is 10.3. The Bertz CT molecular complexity index is 3560. The standard InChI is InChI=1S/C69H51N3/c1-8-23-48(24-9-1)59-44-60(49-25-10-2-11-26-49)46-61(45-59)63-47-62(70-69(71-63)56-35-20-7-21-36-56)58-38-22-37-57(43-58)50-39-41-53(42-40-50)64-65(51-27-12-3-13-28-51)67(54-31-16-5-17-32-54)72-68(55-33-18-6-19-34-55)66(64)52-29-14-4-15-30-52/h1-47,62,67,72H,(H,70,71). The second-order valence-electron chi connectivity index (χ2n) is 18.4. The lowest BCUT2D eigenvalue weighted by Gasteiger charge is -2.36. The van der Waals surface area contributed by atoms with Gasteiger partial charge in [-0.1, -0.05) is 255 Å². The van der Waals surface area contributed by atoms with Gasteiger partial charge in [-0.25, -0.2) is 4.99 Å². The Labute approximate surface area is 422 Å². The van der Waals surface area contributed by atoms with Crippen LogP contribution in [0.15, 0.2) is 290 Å². The normalized spacial score (nSPS) is 15.5. The van der Waals surface area contributed by atoms with E-state index in [2.05, 4.69) is 296 Å². The number of benzene rings is 10. The Morgan fingerprint density at radius 2 is 0.694 bits per heavy atom. The number of aliphatic imine (C=N–C) groups is 1. The molecule has 12 rings (SSSR count). The predicted molar refractivity (Wildman–Crippen MR) is 301 cm³/mol. The van der Waals surface area contributed by atoms with Crippen LogP contribution >= 0.6 is 0 Å². The third-order valence-corrected chi connectivity index (χ3v) is 13.8. The third kappa shape index (κ3) is 9.04. The van der Waals surface area contributed by atoms with Crippen molar-refractivity contribution in [1.82, 2.24) is 10.6 Å². The van der Waals surface area contributed by atoms with Crippen LogP contribution in [0, 0.1) is 0 Å². The maximum absolute atomic E-state index is 5.36. The summed E-state index contributed by atoms with van der Waals surface area (Å²) in [5, 5.41) is 7.95. The summed E-state index contributed by atoms with van der Waals surface area (Å²) in [4.78, 5) is 5.36. The van der Waals surface area contributed by atoms with Gasteiger partial charge < -0.3 is 10.6 Å². The zero-order valence-electron chi connectivity index (χ0n) is 39.7. The largest absolute Gasteiger partial charge is 0.373 e. The molecule has 0 fully saturated rings. The highest BCUT2D eigenvalue weighted by Crippen LogP contribution is 2.50. The van der Waals surface area contributed by atoms with E-state index in [1.165, 1.54) is 39.0 Å². The zero-order valence-corrected chi connectivity index (χ0v) is 39.7. The number of nitrogens with one attached hydrogen (secondary N) is 2. The second kappa shape index (κ2) is 20.0. The minimum Gasteiger partial charge on any atom is -0.373 e. The fourth-order valence-corrected chi connectivity index (χ4v) is 10.3. The Hall–Kier alpha value is -9.31. The second-order valence-corrected chi connectivity index (χ2v) is 18.4. The summed E-state index contributed by atoms with van der Waals surface area (Å²) in [6, 6.07) is 99.9. The molecule has 342 valence electrons. The lowest BCUT2D eigenvalue weighted by molar-refractivity contribution is 0.781. The first-order valence-electron chi connectivity index (χ1n) is 24.8. The molecule has 0 radical (unpaired) electrons.